The Morgan fingerprint density at radius 1 is 1.45 bits per heavy atom. The number of ether oxygens (including phenoxy) is 1. The minimum atomic E-state index is -0.612. The highest BCUT2D eigenvalue weighted by Gasteiger charge is 2.16. The molecule has 8 heteroatoms. The van der Waals surface area contributed by atoms with Gasteiger partial charge in [-0.25, -0.2) is 4.79 Å². The minimum absolute atomic E-state index is 0.000697. The Bertz CT molecular complexity index is 622. The van der Waals surface area contributed by atoms with Crippen LogP contribution in [-0.4, -0.2) is 23.7 Å². The summed E-state index contributed by atoms with van der Waals surface area (Å²) in [5.74, 6) is -0.000697. The van der Waals surface area contributed by atoms with E-state index in [0.29, 0.717) is 12.1 Å². The van der Waals surface area contributed by atoms with Gasteiger partial charge in [0, 0.05) is 16.6 Å². The Labute approximate surface area is 142 Å². The number of alkyl carbamates (subject to hydrolysis) is 1. The summed E-state index contributed by atoms with van der Waals surface area (Å²) in [6.45, 7) is 1.98. The predicted octanol–water partition coefficient (Wildman–Crippen LogP) is 3.17. The fourth-order valence-electron chi connectivity index (χ4n) is 2.10. The van der Waals surface area contributed by atoms with E-state index in [2.05, 4.69) is 31.9 Å². The van der Waals surface area contributed by atoms with E-state index in [1.807, 2.05) is 6.07 Å². The lowest BCUT2D eigenvalue weighted by atomic mass is 10.1. The molecule has 0 bridgehead atoms. The van der Waals surface area contributed by atoms with Crippen LogP contribution in [0.25, 0.3) is 0 Å². The molecule has 2 rings (SSSR count). The van der Waals surface area contributed by atoms with Crippen molar-refractivity contribution in [3.63, 3.8) is 0 Å². The highest BCUT2D eigenvalue weighted by molar-refractivity contribution is 9.10. The largest absolute Gasteiger partial charge is 0.450 e. The Morgan fingerprint density at radius 2 is 2.23 bits per heavy atom. The predicted molar refractivity (Wildman–Crippen MR) is 92.1 cm³/mol. The van der Waals surface area contributed by atoms with Crippen LogP contribution in [0.1, 0.15) is 25.3 Å². The molecule has 0 aromatic heterocycles. The van der Waals surface area contributed by atoms with Gasteiger partial charge < -0.3 is 15.4 Å². The van der Waals surface area contributed by atoms with Gasteiger partial charge in [0.2, 0.25) is 5.91 Å². The van der Waals surface area contributed by atoms with Crippen molar-refractivity contribution in [1.82, 2.24) is 5.32 Å². The number of thiocarbonyl (C=S) groups is 1. The zero-order valence-corrected chi connectivity index (χ0v) is 14.4. The molecule has 0 saturated heterocycles. The number of anilines is 2. The van der Waals surface area contributed by atoms with Gasteiger partial charge in [0.05, 0.1) is 12.3 Å². The van der Waals surface area contributed by atoms with Crippen molar-refractivity contribution in [3.05, 3.63) is 22.2 Å². The summed E-state index contributed by atoms with van der Waals surface area (Å²) in [6.07, 6.45) is 1.55. The lowest BCUT2D eigenvalue weighted by Gasteiger charge is -2.14. The van der Waals surface area contributed by atoms with Crippen LogP contribution in [-0.2, 0) is 16.0 Å². The van der Waals surface area contributed by atoms with Crippen molar-refractivity contribution in [2.75, 3.05) is 17.2 Å². The van der Waals surface area contributed by atoms with Gasteiger partial charge in [-0.15, -0.1) is 0 Å². The van der Waals surface area contributed by atoms with Crippen LogP contribution < -0.4 is 16.0 Å². The van der Waals surface area contributed by atoms with Crippen LogP contribution >= 0.6 is 28.1 Å². The molecule has 0 aliphatic carbocycles. The van der Waals surface area contributed by atoms with Gasteiger partial charge in [0.1, 0.15) is 0 Å². The molecular formula is C14H16BrN3O3S. The van der Waals surface area contributed by atoms with Crippen molar-refractivity contribution in [2.24, 2.45) is 0 Å². The Balaban J connectivity index is 2.13. The molecule has 22 heavy (non-hydrogen) atoms. The van der Waals surface area contributed by atoms with Gasteiger partial charge in [0.25, 0.3) is 0 Å². The number of nitrogens with one attached hydrogen (secondary N) is 3. The summed E-state index contributed by atoms with van der Waals surface area (Å²) in [4.78, 5) is 23.0. The zero-order valence-electron chi connectivity index (χ0n) is 12.0. The average Bonchev–Trinajstić information content (AvgIpc) is 2.60. The maximum Gasteiger partial charge on any atom is 0.413 e. The normalized spacial score (nSPS) is 13.5. The van der Waals surface area contributed by atoms with Crippen molar-refractivity contribution in [1.29, 1.82) is 0 Å². The molecule has 6 nitrogen and oxygen atoms in total. The fraction of sp³-hybridized carbons (Fsp3) is 0.357. The first kappa shape index (κ1) is 16.7. The summed E-state index contributed by atoms with van der Waals surface area (Å²) in [6, 6.07) is 3.73. The van der Waals surface area contributed by atoms with Gasteiger partial charge in [-0.3, -0.25) is 10.1 Å². The van der Waals surface area contributed by atoms with Crippen LogP contribution in [0.4, 0.5) is 16.2 Å². The van der Waals surface area contributed by atoms with Crippen LogP contribution in [0.3, 0.4) is 0 Å². The van der Waals surface area contributed by atoms with E-state index in [1.54, 1.807) is 13.0 Å². The summed E-state index contributed by atoms with van der Waals surface area (Å²) in [5.41, 5.74) is 2.47. The molecular weight excluding hydrogens is 370 g/mol. The lowest BCUT2D eigenvalue weighted by molar-refractivity contribution is -0.116. The molecule has 0 saturated carbocycles. The Morgan fingerprint density at radius 3 is 2.95 bits per heavy atom. The third kappa shape index (κ3) is 4.41. The second kappa shape index (κ2) is 7.55. The van der Waals surface area contributed by atoms with E-state index in [1.165, 1.54) is 0 Å². The number of carbonyl (C=O) groups excluding carboxylic acids is 2. The van der Waals surface area contributed by atoms with Gasteiger partial charge in [0.15, 0.2) is 5.11 Å². The summed E-state index contributed by atoms with van der Waals surface area (Å²) >= 11 is 8.52. The van der Waals surface area contributed by atoms with Crippen molar-refractivity contribution >= 4 is 56.6 Å². The number of halogens is 1. The maximum atomic E-state index is 11.6. The maximum absolute atomic E-state index is 11.6. The molecule has 0 spiro atoms. The monoisotopic (exact) mass is 385 g/mol. The van der Waals surface area contributed by atoms with Crippen LogP contribution in [0.15, 0.2) is 16.6 Å². The third-order valence-electron chi connectivity index (χ3n) is 3.06. The van der Waals surface area contributed by atoms with Gasteiger partial charge in [-0.05, 0) is 65.6 Å². The molecule has 0 atom stereocenters. The van der Waals surface area contributed by atoms with Gasteiger partial charge in [-0.2, -0.15) is 0 Å². The number of amides is 2. The SMILES string of the molecule is CCOC(=O)NC(=S)Nc1cc2c(cc1Br)CCCC(=O)N2. The quantitative estimate of drug-likeness (QED) is 0.681. The number of fused-ring (bicyclic) bond motifs is 1. The van der Waals surface area contributed by atoms with E-state index >= 15 is 0 Å². The van der Waals surface area contributed by atoms with E-state index in [9.17, 15) is 9.59 Å². The first-order valence-electron chi connectivity index (χ1n) is 6.86. The van der Waals surface area contributed by atoms with Crippen molar-refractivity contribution in [2.45, 2.75) is 26.2 Å². The van der Waals surface area contributed by atoms with Crippen LogP contribution in [0.5, 0.6) is 0 Å². The second-order valence-corrected chi connectivity index (χ2v) is 5.95. The molecule has 0 fully saturated rings. The van der Waals surface area contributed by atoms with Crippen molar-refractivity contribution < 1.29 is 14.3 Å². The molecule has 118 valence electrons. The second-order valence-electron chi connectivity index (χ2n) is 4.69. The fourth-order valence-corrected chi connectivity index (χ4v) is 2.78. The molecule has 1 aromatic carbocycles. The molecule has 2 amide bonds. The topological polar surface area (TPSA) is 79.5 Å². The molecule has 0 radical (unpaired) electrons. The van der Waals surface area contributed by atoms with Crippen LogP contribution in [0.2, 0.25) is 0 Å². The Hall–Kier alpha value is -1.67. The Kier molecular flexibility index (Phi) is 5.73. The van der Waals surface area contributed by atoms with Gasteiger partial charge in [-0.1, -0.05) is 0 Å². The van der Waals surface area contributed by atoms with E-state index in [4.69, 9.17) is 17.0 Å². The van der Waals surface area contributed by atoms with Crippen LogP contribution in [0, 0.1) is 0 Å². The number of rotatable bonds is 2. The molecule has 0 unspecified atom stereocenters. The number of benzene rings is 1. The molecule has 1 heterocycles. The standard InChI is InChI=1S/C14H16BrN3O3S/c1-2-21-14(20)18-13(22)17-11-7-10-8(6-9(11)15)4-3-5-12(19)16-10/h6-7H,2-5H2,1H3,(H,16,19)(H2,17,18,20,22). The molecule has 1 aliphatic rings. The molecule has 1 aromatic rings. The highest BCUT2D eigenvalue weighted by Crippen LogP contribution is 2.32. The number of hydrogen-bond donors (Lipinski definition) is 3. The highest BCUT2D eigenvalue weighted by atomic mass is 79.9. The van der Waals surface area contributed by atoms with Crippen molar-refractivity contribution in [3.8, 4) is 0 Å². The summed E-state index contributed by atoms with van der Waals surface area (Å²) in [5, 5.41) is 8.31. The molecule has 1 aliphatic heterocycles. The minimum Gasteiger partial charge on any atom is -0.450 e. The lowest BCUT2D eigenvalue weighted by Crippen LogP contribution is -2.34. The average molecular weight is 386 g/mol. The van der Waals surface area contributed by atoms with E-state index in [0.717, 1.165) is 28.6 Å². The van der Waals surface area contributed by atoms with E-state index < -0.39 is 6.09 Å². The first-order valence-corrected chi connectivity index (χ1v) is 8.06. The zero-order chi connectivity index (χ0) is 16.1. The first-order chi connectivity index (χ1) is 10.5. The number of hydrogen-bond acceptors (Lipinski definition) is 4. The summed E-state index contributed by atoms with van der Waals surface area (Å²) < 4.78 is 5.56. The third-order valence-corrected chi connectivity index (χ3v) is 3.92. The molecule has 3 N–H and O–H groups in total. The van der Waals surface area contributed by atoms with Gasteiger partial charge >= 0.3 is 6.09 Å². The number of aryl methyl sites for hydroxylation is 1. The van der Waals surface area contributed by atoms with E-state index in [-0.39, 0.29) is 17.6 Å². The summed E-state index contributed by atoms with van der Waals surface area (Å²) in [7, 11) is 0. The smallest absolute Gasteiger partial charge is 0.413 e. The number of carbonyl (C=O) groups is 2.